The van der Waals surface area contributed by atoms with Crippen molar-refractivity contribution in [3.63, 3.8) is 0 Å². The van der Waals surface area contributed by atoms with Crippen LogP contribution in [0.25, 0.3) is 0 Å². The van der Waals surface area contributed by atoms with Crippen molar-refractivity contribution in [2.45, 2.75) is 301 Å². The predicted molar refractivity (Wildman–Crippen MR) is 308 cm³/mol. The number of unbranched alkanes of at least 4 members (excludes halogenated alkanes) is 29. The van der Waals surface area contributed by atoms with Crippen LogP contribution in [0.3, 0.4) is 0 Å². The van der Waals surface area contributed by atoms with Crippen LogP contribution < -0.4 is 5.32 Å². The molecule has 0 saturated carbocycles. The maximum atomic E-state index is 13.1. The first kappa shape index (κ1) is 68.4. The van der Waals surface area contributed by atoms with Gasteiger partial charge in [-0.05, 0) is 83.5 Å². The highest BCUT2D eigenvalue weighted by atomic mass is 16.7. The van der Waals surface area contributed by atoms with Gasteiger partial charge in [-0.15, -0.1) is 0 Å². The summed E-state index contributed by atoms with van der Waals surface area (Å²) in [6.07, 6.45) is 68.2. The van der Waals surface area contributed by atoms with E-state index in [0.717, 1.165) is 77.0 Å². The van der Waals surface area contributed by atoms with Gasteiger partial charge < -0.3 is 40.3 Å². The molecule has 6 N–H and O–H groups in total. The molecular weight excluding hydrogens is 911 g/mol. The third-order valence-corrected chi connectivity index (χ3v) is 13.9. The molecule has 0 aromatic heterocycles. The summed E-state index contributed by atoms with van der Waals surface area (Å²) in [6, 6.07) is -0.830. The van der Waals surface area contributed by atoms with Crippen molar-refractivity contribution in [3.8, 4) is 0 Å². The van der Waals surface area contributed by atoms with E-state index in [1.54, 1.807) is 6.08 Å². The average molecular weight is 1020 g/mol. The summed E-state index contributed by atoms with van der Waals surface area (Å²) in [6.45, 7) is 3.63. The summed E-state index contributed by atoms with van der Waals surface area (Å²) in [5.74, 6) is -0.190. The van der Waals surface area contributed by atoms with Gasteiger partial charge in [0, 0.05) is 6.42 Å². The molecule has 1 fully saturated rings. The molecule has 1 saturated heterocycles. The number of allylic oxidation sites excluding steroid dienone is 13. The molecule has 0 aromatic rings. The second-order valence-corrected chi connectivity index (χ2v) is 20.7. The molecule has 1 rings (SSSR count). The Hall–Kier alpha value is -2.63. The lowest BCUT2D eigenvalue weighted by Gasteiger charge is -2.40. The van der Waals surface area contributed by atoms with Crippen molar-refractivity contribution < 1.29 is 39.8 Å². The largest absolute Gasteiger partial charge is 0.394 e. The van der Waals surface area contributed by atoms with Gasteiger partial charge in [-0.1, -0.05) is 253 Å². The van der Waals surface area contributed by atoms with E-state index >= 15 is 0 Å². The highest BCUT2D eigenvalue weighted by Gasteiger charge is 2.44. The van der Waals surface area contributed by atoms with Crippen molar-refractivity contribution in [1.82, 2.24) is 5.32 Å². The molecule has 1 heterocycles. The number of nitrogens with one attached hydrogen (secondary N) is 1. The van der Waals surface area contributed by atoms with E-state index < -0.39 is 49.5 Å². The van der Waals surface area contributed by atoms with Gasteiger partial charge in [0.1, 0.15) is 24.4 Å². The zero-order valence-corrected chi connectivity index (χ0v) is 46.9. The molecule has 9 nitrogen and oxygen atoms in total. The molecule has 0 aromatic carbocycles. The lowest BCUT2D eigenvalue weighted by molar-refractivity contribution is -0.302. The second-order valence-electron chi connectivity index (χ2n) is 20.7. The van der Waals surface area contributed by atoms with Crippen LogP contribution in [0.4, 0.5) is 0 Å². The highest BCUT2D eigenvalue weighted by Crippen LogP contribution is 2.23. The minimum Gasteiger partial charge on any atom is -0.394 e. The van der Waals surface area contributed by atoms with Crippen LogP contribution in [0.2, 0.25) is 0 Å². The second kappa shape index (κ2) is 52.8. The van der Waals surface area contributed by atoms with E-state index in [0.29, 0.717) is 6.42 Å². The molecule has 73 heavy (non-hydrogen) atoms. The Morgan fingerprint density at radius 1 is 0.479 bits per heavy atom. The molecule has 7 unspecified atom stereocenters. The Kier molecular flexibility index (Phi) is 49.5. The number of rotatable bonds is 51. The number of hydrogen-bond acceptors (Lipinski definition) is 8. The summed E-state index contributed by atoms with van der Waals surface area (Å²) < 4.78 is 11.2. The molecule has 1 aliphatic heterocycles. The number of carbonyl (C=O) groups excluding carboxylic acids is 1. The van der Waals surface area contributed by atoms with Gasteiger partial charge in [0.05, 0.1) is 25.4 Å². The van der Waals surface area contributed by atoms with E-state index in [-0.39, 0.29) is 12.5 Å². The third-order valence-electron chi connectivity index (χ3n) is 13.9. The topological polar surface area (TPSA) is 149 Å². The molecule has 422 valence electrons. The van der Waals surface area contributed by atoms with E-state index in [1.807, 2.05) is 6.08 Å². The first-order valence-corrected chi connectivity index (χ1v) is 30.3. The fourth-order valence-electron chi connectivity index (χ4n) is 9.18. The minimum absolute atomic E-state index is 0.190. The predicted octanol–water partition coefficient (Wildman–Crippen LogP) is 15.4. The van der Waals surface area contributed by atoms with Crippen LogP contribution in [0.5, 0.6) is 0 Å². The van der Waals surface area contributed by atoms with Gasteiger partial charge in [-0.3, -0.25) is 4.79 Å². The van der Waals surface area contributed by atoms with Gasteiger partial charge in [0.25, 0.3) is 0 Å². The third kappa shape index (κ3) is 42.2. The molecular formula is C64H113NO8. The Labute approximate surface area is 448 Å². The summed E-state index contributed by atoms with van der Waals surface area (Å²) in [5, 5.41) is 54.4. The van der Waals surface area contributed by atoms with Crippen LogP contribution in [0.1, 0.15) is 258 Å². The van der Waals surface area contributed by atoms with Gasteiger partial charge in [-0.2, -0.15) is 0 Å². The number of carbonyl (C=O) groups is 1. The van der Waals surface area contributed by atoms with Crippen molar-refractivity contribution in [3.05, 3.63) is 85.1 Å². The lowest BCUT2D eigenvalue weighted by atomic mass is 9.99. The molecule has 0 spiro atoms. The number of aliphatic hydroxyl groups is 5. The minimum atomic E-state index is -1.58. The Morgan fingerprint density at radius 2 is 0.863 bits per heavy atom. The van der Waals surface area contributed by atoms with Gasteiger partial charge in [0.15, 0.2) is 6.29 Å². The van der Waals surface area contributed by atoms with Crippen LogP contribution in [-0.2, 0) is 14.3 Å². The van der Waals surface area contributed by atoms with Crippen molar-refractivity contribution >= 4 is 5.91 Å². The lowest BCUT2D eigenvalue weighted by Crippen LogP contribution is -2.60. The quantitative estimate of drug-likeness (QED) is 0.0261. The average Bonchev–Trinajstić information content (AvgIpc) is 3.39. The Morgan fingerprint density at radius 3 is 1.32 bits per heavy atom. The zero-order chi connectivity index (χ0) is 52.9. The molecule has 1 aliphatic rings. The number of ether oxygens (including phenoxy) is 2. The summed E-state index contributed by atoms with van der Waals surface area (Å²) in [7, 11) is 0. The van der Waals surface area contributed by atoms with Gasteiger partial charge in [0.2, 0.25) is 5.91 Å². The van der Waals surface area contributed by atoms with Crippen LogP contribution in [0.15, 0.2) is 85.1 Å². The maximum absolute atomic E-state index is 13.1. The number of hydrogen-bond donors (Lipinski definition) is 6. The first-order chi connectivity index (χ1) is 35.8. The summed E-state index contributed by atoms with van der Waals surface area (Å²) in [5.41, 5.74) is 0. The standard InChI is InChI=1S/C64H113NO8/c1-3-5-7-9-11-13-15-17-19-20-21-22-23-24-25-26-27-28-29-30-31-32-33-34-35-36-37-38-40-42-44-46-48-50-52-54-60(68)65-57(56-72-64-63(71)62(70)61(69)59(55-66)73-64)58(67)53-51-49-47-45-43-41-39-18-16-14-12-10-8-6-4-2/h5,7,11,13,16-19,21-22,43,45,51,53,57-59,61-64,66-67,69-71H,3-4,6,8-10,12,14-15,20,23-42,44,46-50,52,54-56H2,1-2H3,(H,65,68)/b7-5-,13-11-,18-16+,19-17-,22-21-,45-43+,53-51+. The van der Waals surface area contributed by atoms with E-state index in [4.69, 9.17) is 9.47 Å². The van der Waals surface area contributed by atoms with Crippen molar-refractivity contribution in [1.29, 1.82) is 0 Å². The Balaban J connectivity index is 2.12. The van der Waals surface area contributed by atoms with Crippen LogP contribution in [-0.4, -0.2) is 87.5 Å². The van der Waals surface area contributed by atoms with Crippen LogP contribution >= 0.6 is 0 Å². The SMILES string of the molecule is CC/C=C\C/C=C\C/C=C\C/C=C\CCCCCCCCCCCCCCCCCCCCCCCCC(=O)NC(COC1OC(CO)C(O)C(O)C1O)C(O)/C=C/CC/C=C/CC/C=C/CCCCCCC. The maximum Gasteiger partial charge on any atom is 0.220 e. The van der Waals surface area contributed by atoms with Crippen molar-refractivity contribution in [2.24, 2.45) is 0 Å². The molecule has 1 amide bonds. The van der Waals surface area contributed by atoms with E-state index in [9.17, 15) is 30.3 Å². The summed E-state index contributed by atoms with van der Waals surface area (Å²) >= 11 is 0. The zero-order valence-electron chi connectivity index (χ0n) is 46.9. The summed E-state index contributed by atoms with van der Waals surface area (Å²) in [4.78, 5) is 13.1. The smallest absolute Gasteiger partial charge is 0.220 e. The van der Waals surface area contributed by atoms with E-state index in [1.165, 1.54) is 161 Å². The van der Waals surface area contributed by atoms with Gasteiger partial charge >= 0.3 is 0 Å². The monoisotopic (exact) mass is 1020 g/mol. The number of amides is 1. The first-order valence-electron chi connectivity index (χ1n) is 30.3. The Bertz CT molecular complexity index is 1420. The van der Waals surface area contributed by atoms with Crippen LogP contribution in [0, 0.1) is 0 Å². The van der Waals surface area contributed by atoms with Gasteiger partial charge in [-0.25, -0.2) is 0 Å². The van der Waals surface area contributed by atoms with E-state index in [2.05, 4.69) is 92.1 Å². The molecule has 9 heteroatoms. The van der Waals surface area contributed by atoms with Crippen molar-refractivity contribution in [2.75, 3.05) is 13.2 Å². The molecule has 7 atom stereocenters. The fourth-order valence-corrected chi connectivity index (χ4v) is 9.18. The molecule has 0 bridgehead atoms. The number of aliphatic hydroxyl groups excluding tert-OH is 5. The highest BCUT2D eigenvalue weighted by molar-refractivity contribution is 5.76. The molecule has 0 radical (unpaired) electrons. The molecule has 0 aliphatic carbocycles. The normalized spacial score (nSPS) is 19.7. The fraction of sp³-hybridized carbons (Fsp3) is 0.766.